The SMILES string of the molecule is O=C(O)[C@@H](Cc1c[nH]c2ccccc12)NSc1ccccc1[N+](=O)[O-]. The fourth-order valence-corrected chi connectivity index (χ4v) is 3.38. The molecule has 0 unspecified atom stereocenters. The Morgan fingerprint density at radius 3 is 2.72 bits per heavy atom. The Hall–Kier alpha value is -2.84. The zero-order chi connectivity index (χ0) is 17.8. The zero-order valence-electron chi connectivity index (χ0n) is 13.0. The molecule has 3 N–H and O–H groups in total. The van der Waals surface area contributed by atoms with E-state index in [4.69, 9.17) is 0 Å². The molecule has 0 saturated carbocycles. The molecular formula is C17H15N3O4S. The predicted molar refractivity (Wildman–Crippen MR) is 95.5 cm³/mol. The van der Waals surface area contributed by atoms with Gasteiger partial charge in [0.1, 0.15) is 10.9 Å². The first-order valence-corrected chi connectivity index (χ1v) is 8.31. The first kappa shape index (κ1) is 17.0. The minimum Gasteiger partial charge on any atom is -0.480 e. The lowest BCUT2D eigenvalue weighted by molar-refractivity contribution is -0.387. The third-order valence-corrected chi connectivity index (χ3v) is 4.74. The highest BCUT2D eigenvalue weighted by Crippen LogP contribution is 2.27. The molecule has 0 saturated heterocycles. The summed E-state index contributed by atoms with van der Waals surface area (Å²) < 4.78 is 2.83. The van der Waals surface area contributed by atoms with E-state index < -0.39 is 16.9 Å². The normalized spacial score (nSPS) is 12.2. The van der Waals surface area contributed by atoms with Gasteiger partial charge in [0, 0.05) is 29.6 Å². The number of carboxylic acid groups (broad SMARTS) is 1. The number of hydrogen-bond donors (Lipinski definition) is 3. The lowest BCUT2D eigenvalue weighted by atomic mass is 10.1. The number of aliphatic carboxylic acids is 1. The molecule has 3 rings (SSSR count). The summed E-state index contributed by atoms with van der Waals surface area (Å²) in [5.74, 6) is -1.02. The Morgan fingerprint density at radius 1 is 1.24 bits per heavy atom. The Balaban J connectivity index is 1.77. The van der Waals surface area contributed by atoms with E-state index in [1.165, 1.54) is 6.07 Å². The van der Waals surface area contributed by atoms with Crippen molar-refractivity contribution in [1.29, 1.82) is 0 Å². The monoisotopic (exact) mass is 357 g/mol. The minimum absolute atomic E-state index is 0.0590. The number of H-pyrrole nitrogens is 1. The predicted octanol–water partition coefficient (Wildman–Crippen LogP) is 3.37. The molecule has 25 heavy (non-hydrogen) atoms. The summed E-state index contributed by atoms with van der Waals surface area (Å²) in [5.41, 5.74) is 1.75. The number of rotatable bonds is 7. The van der Waals surface area contributed by atoms with Gasteiger partial charge in [-0.3, -0.25) is 14.9 Å². The molecule has 7 nitrogen and oxygen atoms in total. The summed E-state index contributed by atoms with van der Waals surface area (Å²) in [7, 11) is 0. The van der Waals surface area contributed by atoms with Gasteiger partial charge in [-0.05, 0) is 29.6 Å². The minimum atomic E-state index is -1.02. The van der Waals surface area contributed by atoms with Gasteiger partial charge in [-0.15, -0.1) is 0 Å². The molecule has 1 aromatic heterocycles. The van der Waals surface area contributed by atoms with Gasteiger partial charge in [0.25, 0.3) is 5.69 Å². The molecule has 2 aromatic carbocycles. The maximum Gasteiger partial charge on any atom is 0.321 e. The number of carboxylic acids is 1. The summed E-state index contributed by atoms with van der Waals surface area (Å²) in [4.78, 5) is 25.6. The average Bonchev–Trinajstić information content (AvgIpc) is 3.01. The molecule has 0 fully saturated rings. The van der Waals surface area contributed by atoms with E-state index in [1.807, 2.05) is 24.3 Å². The highest BCUT2D eigenvalue weighted by atomic mass is 32.2. The van der Waals surface area contributed by atoms with Crippen LogP contribution in [0.15, 0.2) is 59.6 Å². The maximum atomic E-state index is 11.6. The standard InChI is InChI=1S/C17H15N3O4S/c21-17(22)14(9-11-10-18-13-6-2-1-5-12(11)13)19-25-16-8-4-3-7-15(16)20(23)24/h1-8,10,14,18-19H,9H2,(H,21,22)/t14-/m1/s1. The first-order chi connectivity index (χ1) is 12.1. The summed E-state index contributed by atoms with van der Waals surface area (Å²) in [6, 6.07) is 13.0. The van der Waals surface area contributed by atoms with Gasteiger partial charge in [0.15, 0.2) is 0 Å². The van der Waals surface area contributed by atoms with E-state index in [2.05, 4.69) is 9.71 Å². The van der Waals surface area contributed by atoms with Gasteiger partial charge in [-0.1, -0.05) is 30.3 Å². The van der Waals surface area contributed by atoms with E-state index in [0.29, 0.717) is 4.90 Å². The number of nitrogens with one attached hydrogen (secondary N) is 2. The van der Waals surface area contributed by atoms with Gasteiger partial charge in [-0.25, -0.2) is 4.72 Å². The van der Waals surface area contributed by atoms with Crippen molar-refractivity contribution in [1.82, 2.24) is 9.71 Å². The van der Waals surface area contributed by atoms with Crippen LogP contribution in [-0.2, 0) is 11.2 Å². The lowest BCUT2D eigenvalue weighted by Gasteiger charge is -2.13. The van der Waals surface area contributed by atoms with Crippen molar-refractivity contribution in [2.45, 2.75) is 17.4 Å². The number of para-hydroxylation sites is 2. The highest BCUT2D eigenvalue weighted by Gasteiger charge is 2.21. The van der Waals surface area contributed by atoms with E-state index in [-0.39, 0.29) is 12.1 Å². The van der Waals surface area contributed by atoms with Crippen molar-refractivity contribution in [3.8, 4) is 0 Å². The van der Waals surface area contributed by atoms with Crippen molar-refractivity contribution < 1.29 is 14.8 Å². The largest absolute Gasteiger partial charge is 0.480 e. The van der Waals surface area contributed by atoms with Gasteiger partial charge < -0.3 is 10.1 Å². The van der Waals surface area contributed by atoms with E-state index in [0.717, 1.165) is 28.4 Å². The first-order valence-electron chi connectivity index (χ1n) is 7.50. The van der Waals surface area contributed by atoms with Crippen molar-refractivity contribution in [3.63, 3.8) is 0 Å². The number of nitro groups is 1. The van der Waals surface area contributed by atoms with Crippen LogP contribution in [0.2, 0.25) is 0 Å². The number of hydrogen-bond acceptors (Lipinski definition) is 5. The van der Waals surface area contributed by atoms with E-state index >= 15 is 0 Å². The number of fused-ring (bicyclic) bond motifs is 1. The van der Waals surface area contributed by atoms with Crippen LogP contribution in [0, 0.1) is 10.1 Å². The summed E-state index contributed by atoms with van der Waals surface area (Å²) in [5, 5.41) is 21.5. The van der Waals surface area contributed by atoms with Crippen LogP contribution in [0.3, 0.4) is 0 Å². The second kappa shape index (κ2) is 7.37. The van der Waals surface area contributed by atoms with Crippen LogP contribution >= 0.6 is 11.9 Å². The molecule has 0 aliphatic rings. The molecule has 1 heterocycles. The van der Waals surface area contributed by atoms with Crippen molar-refractivity contribution in [2.24, 2.45) is 0 Å². The van der Waals surface area contributed by atoms with Crippen LogP contribution in [0.1, 0.15) is 5.56 Å². The summed E-state index contributed by atoms with van der Waals surface area (Å²) >= 11 is 0.956. The fourth-order valence-electron chi connectivity index (χ4n) is 2.53. The Bertz CT molecular complexity index is 925. The van der Waals surface area contributed by atoms with Gasteiger partial charge in [0.05, 0.1) is 4.92 Å². The molecule has 0 aliphatic carbocycles. The van der Waals surface area contributed by atoms with Gasteiger partial charge in [-0.2, -0.15) is 0 Å². The molecule has 0 aliphatic heterocycles. The highest BCUT2D eigenvalue weighted by molar-refractivity contribution is 7.97. The van der Waals surface area contributed by atoms with Crippen molar-refractivity contribution in [2.75, 3.05) is 0 Å². The molecule has 1 atom stereocenters. The second-order valence-electron chi connectivity index (χ2n) is 5.40. The smallest absolute Gasteiger partial charge is 0.321 e. The van der Waals surface area contributed by atoms with Crippen LogP contribution in [-0.4, -0.2) is 27.0 Å². The molecular weight excluding hydrogens is 342 g/mol. The zero-order valence-corrected chi connectivity index (χ0v) is 13.8. The number of nitro benzene ring substituents is 1. The topological polar surface area (TPSA) is 108 Å². The Morgan fingerprint density at radius 2 is 1.96 bits per heavy atom. The van der Waals surface area contributed by atoms with Crippen LogP contribution < -0.4 is 4.72 Å². The quantitative estimate of drug-likeness (QED) is 0.340. The van der Waals surface area contributed by atoms with E-state index in [1.54, 1.807) is 24.4 Å². The number of aromatic nitrogens is 1. The Kier molecular flexibility index (Phi) is 5.01. The number of aromatic amines is 1. The molecule has 3 aromatic rings. The molecule has 0 amide bonds. The molecule has 0 spiro atoms. The Labute approximate surface area is 147 Å². The number of carbonyl (C=O) groups is 1. The van der Waals surface area contributed by atoms with E-state index in [9.17, 15) is 20.0 Å². The average molecular weight is 357 g/mol. The lowest BCUT2D eigenvalue weighted by Crippen LogP contribution is -2.34. The molecule has 128 valence electrons. The maximum absolute atomic E-state index is 11.6. The molecule has 0 radical (unpaired) electrons. The third kappa shape index (κ3) is 3.81. The number of nitrogens with zero attached hydrogens (tertiary/aromatic N) is 1. The number of benzene rings is 2. The van der Waals surface area contributed by atoms with Crippen LogP contribution in [0.4, 0.5) is 5.69 Å². The molecule has 0 bridgehead atoms. The molecule has 8 heteroatoms. The second-order valence-corrected chi connectivity index (χ2v) is 6.28. The van der Waals surface area contributed by atoms with Crippen LogP contribution in [0.25, 0.3) is 10.9 Å². The fraction of sp³-hybridized carbons (Fsp3) is 0.118. The third-order valence-electron chi connectivity index (χ3n) is 3.77. The van der Waals surface area contributed by atoms with Gasteiger partial charge in [0.2, 0.25) is 0 Å². The summed E-state index contributed by atoms with van der Waals surface area (Å²) in [6.45, 7) is 0. The van der Waals surface area contributed by atoms with Crippen molar-refractivity contribution >= 4 is 34.5 Å². The van der Waals surface area contributed by atoms with Crippen molar-refractivity contribution in [3.05, 3.63) is 70.4 Å². The van der Waals surface area contributed by atoms with Crippen LogP contribution in [0.5, 0.6) is 0 Å². The summed E-state index contributed by atoms with van der Waals surface area (Å²) in [6.07, 6.45) is 2.05. The van der Waals surface area contributed by atoms with Gasteiger partial charge >= 0.3 is 5.97 Å².